The number of aliphatic hydroxyl groups excluding tert-OH is 1. The Morgan fingerprint density at radius 1 is 1.09 bits per heavy atom. The summed E-state index contributed by atoms with van der Waals surface area (Å²) in [4.78, 5) is 30.0. The first-order valence-electron chi connectivity index (χ1n) is 11.9. The third kappa shape index (κ3) is 5.59. The van der Waals surface area contributed by atoms with Crippen LogP contribution in [0.5, 0.6) is 17.2 Å². The van der Waals surface area contributed by atoms with Crippen molar-refractivity contribution in [1.82, 2.24) is 9.80 Å². The van der Waals surface area contributed by atoms with Gasteiger partial charge in [0.2, 0.25) is 0 Å². The molecule has 8 nitrogen and oxygen atoms in total. The zero-order chi connectivity index (χ0) is 25.7. The van der Waals surface area contributed by atoms with E-state index in [0.29, 0.717) is 30.0 Å². The van der Waals surface area contributed by atoms with Crippen LogP contribution in [0.25, 0.3) is 5.76 Å². The van der Waals surface area contributed by atoms with Crippen LogP contribution < -0.4 is 9.47 Å². The fraction of sp³-hybridized carbons (Fsp3) is 0.407. The topological polar surface area (TPSA) is 99.5 Å². The van der Waals surface area contributed by atoms with Gasteiger partial charge in [-0.3, -0.25) is 9.59 Å². The molecule has 8 heteroatoms. The van der Waals surface area contributed by atoms with Crippen LogP contribution in [0.1, 0.15) is 44.9 Å². The van der Waals surface area contributed by atoms with Crippen LogP contribution in [-0.4, -0.2) is 71.1 Å². The zero-order valence-corrected chi connectivity index (χ0v) is 20.9. The van der Waals surface area contributed by atoms with E-state index in [4.69, 9.17) is 9.47 Å². The molecule has 1 saturated heterocycles. The molecule has 1 aliphatic rings. The van der Waals surface area contributed by atoms with E-state index in [-0.39, 0.29) is 28.9 Å². The first-order valence-corrected chi connectivity index (χ1v) is 11.9. The molecule has 2 N–H and O–H groups in total. The lowest BCUT2D eigenvalue weighted by Crippen LogP contribution is -2.38. The minimum Gasteiger partial charge on any atom is -0.507 e. The molecule has 2 aromatic rings. The minimum atomic E-state index is -0.827. The van der Waals surface area contributed by atoms with Crippen molar-refractivity contribution in [3.8, 4) is 17.2 Å². The molecule has 3 rings (SSSR count). The van der Waals surface area contributed by atoms with E-state index in [9.17, 15) is 19.8 Å². The van der Waals surface area contributed by atoms with Crippen molar-refractivity contribution in [3.63, 3.8) is 0 Å². The number of rotatable bonds is 10. The van der Waals surface area contributed by atoms with Crippen LogP contribution in [0.2, 0.25) is 0 Å². The number of phenols is 1. The maximum absolute atomic E-state index is 13.2. The lowest BCUT2D eigenvalue weighted by Gasteiger charge is -2.28. The van der Waals surface area contributed by atoms with Crippen molar-refractivity contribution in [1.29, 1.82) is 0 Å². The van der Waals surface area contributed by atoms with Gasteiger partial charge in [0.05, 0.1) is 24.8 Å². The van der Waals surface area contributed by atoms with Crippen molar-refractivity contribution in [2.45, 2.75) is 39.8 Å². The van der Waals surface area contributed by atoms with E-state index in [1.807, 2.05) is 27.7 Å². The number of carbonyl (C=O) groups is 2. The lowest BCUT2D eigenvalue weighted by atomic mass is 9.95. The van der Waals surface area contributed by atoms with Crippen molar-refractivity contribution >= 4 is 17.4 Å². The molecule has 0 radical (unpaired) electrons. The van der Waals surface area contributed by atoms with E-state index in [2.05, 4.69) is 4.90 Å². The molecule has 0 unspecified atom stereocenters. The molecule has 0 aromatic heterocycles. The summed E-state index contributed by atoms with van der Waals surface area (Å²) in [6.07, 6.45) is -0.00458. The Kier molecular flexibility index (Phi) is 8.40. The number of ketones is 1. The highest BCUT2D eigenvalue weighted by atomic mass is 16.5. The van der Waals surface area contributed by atoms with E-state index in [0.717, 1.165) is 13.1 Å². The monoisotopic (exact) mass is 482 g/mol. The molecule has 1 atom stereocenters. The highest BCUT2D eigenvalue weighted by molar-refractivity contribution is 6.46. The van der Waals surface area contributed by atoms with Gasteiger partial charge in [0, 0.05) is 18.7 Å². The average Bonchev–Trinajstić information content (AvgIpc) is 3.09. The van der Waals surface area contributed by atoms with Gasteiger partial charge in [0.25, 0.3) is 11.7 Å². The number of aliphatic hydroxyl groups is 1. The van der Waals surface area contributed by atoms with E-state index >= 15 is 0 Å². The second-order valence-electron chi connectivity index (χ2n) is 8.64. The van der Waals surface area contributed by atoms with Crippen LogP contribution in [0.3, 0.4) is 0 Å². The number of hydrogen-bond donors (Lipinski definition) is 2. The first kappa shape index (κ1) is 26.1. The van der Waals surface area contributed by atoms with E-state index < -0.39 is 17.7 Å². The van der Waals surface area contributed by atoms with Gasteiger partial charge in [-0.25, -0.2) is 0 Å². The molecule has 0 bridgehead atoms. The van der Waals surface area contributed by atoms with E-state index in [1.54, 1.807) is 36.4 Å². The number of methoxy groups -OCH3 is 1. The molecule has 35 heavy (non-hydrogen) atoms. The third-order valence-electron chi connectivity index (χ3n) is 6.11. The predicted molar refractivity (Wildman–Crippen MR) is 134 cm³/mol. The molecule has 1 heterocycles. The van der Waals surface area contributed by atoms with Crippen molar-refractivity contribution in [3.05, 3.63) is 59.2 Å². The van der Waals surface area contributed by atoms with Gasteiger partial charge < -0.3 is 29.5 Å². The first-order chi connectivity index (χ1) is 16.7. The van der Waals surface area contributed by atoms with Crippen LogP contribution >= 0.6 is 0 Å². The number of likely N-dealkylation sites (tertiary alicyclic amines) is 1. The van der Waals surface area contributed by atoms with Crippen LogP contribution in [-0.2, 0) is 9.59 Å². The van der Waals surface area contributed by atoms with Gasteiger partial charge in [0.1, 0.15) is 11.5 Å². The van der Waals surface area contributed by atoms with Gasteiger partial charge in [-0.1, -0.05) is 19.9 Å². The number of hydrogen-bond acceptors (Lipinski definition) is 7. The molecule has 1 aliphatic heterocycles. The van der Waals surface area contributed by atoms with Crippen molar-refractivity contribution in [2.24, 2.45) is 0 Å². The summed E-state index contributed by atoms with van der Waals surface area (Å²) < 4.78 is 10.9. The Morgan fingerprint density at radius 3 is 2.31 bits per heavy atom. The van der Waals surface area contributed by atoms with Gasteiger partial charge >= 0.3 is 0 Å². The number of aromatic hydroxyl groups is 1. The largest absolute Gasteiger partial charge is 0.507 e. The molecule has 1 fully saturated rings. The predicted octanol–water partition coefficient (Wildman–Crippen LogP) is 3.95. The standard InChI is InChI=1S/C27H34N2O6/c1-6-28(7-2)14-15-29-24(19-10-13-21(30)22(16-19)34-5)23(26(32)27(29)33)25(31)18-8-11-20(12-9-18)35-17(3)4/h8-13,16-17,24,30-31H,6-7,14-15H2,1-5H3/b25-23+/t24-/m0/s1. The number of phenolic OH excluding ortho intramolecular Hbond substituents is 1. The normalized spacial score (nSPS) is 17.5. The molecule has 0 aliphatic carbocycles. The Labute approximate surface area is 206 Å². The Balaban J connectivity index is 2.09. The fourth-order valence-corrected chi connectivity index (χ4v) is 4.23. The summed E-state index contributed by atoms with van der Waals surface area (Å²) in [5, 5.41) is 21.3. The second kappa shape index (κ2) is 11.3. The Bertz CT molecular complexity index is 1090. The average molecular weight is 483 g/mol. The number of amides is 1. The Morgan fingerprint density at radius 2 is 1.74 bits per heavy atom. The second-order valence-corrected chi connectivity index (χ2v) is 8.64. The summed E-state index contributed by atoms with van der Waals surface area (Å²) >= 11 is 0. The molecule has 188 valence electrons. The quantitative estimate of drug-likeness (QED) is 0.300. The van der Waals surface area contributed by atoms with Gasteiger partial charge in [-0.15, -0.1) is 0 Å². The maximum atomic E-state index is 13.2. The summed E-state index contributed by atoms with van der Waals surface area (Å²) in [5.41, 5.74) is 0.957. The van der Waals surface area contributed by atoms with Gasteiger partial charge in [-0.2, -0.15) is 0 Å². The van der Waals surface area contributed by atoms with E-state index in [1.165, 1.54) is 18.1 Å². The van der Waals surface area contributed by atoms with Crippen LogP contribution in [0.15, 0.2) is 48.0 Å². The number of ether oxygens (including phenoxy) is 2. The van der Waals surface area contributed by atoms with Crippen molar-refractivity contribution in [2.75, 3.05) is 33.3 Å². The van der Waals surface area contributed by atoms with Crippen molar-refractivity contribution < 1.29 is 29.3 Å². The molecule has 2 aromatic carbocycles. The molecular formula is C27H34N2O6. The third-order valence-corrected chi connectivity index (χ3v) is 6.11. The summed E-state index contributed by atoms with van der Waals surface area (Å²) in [6.45, 7) is 10.4. The minimum absolute atomic E-state index is 0.000169. The number of carbonyl (C=O) groups excluding carboxylic acids is 2. The molecule has 0 spiro atoms. The highest BCUT2D eigenvalue weighted by Crippen LogP contribution is 2.41. The zero-order valence-electron chi connectivity index (χ0n) is 20.9. The smallest absolute Gasteiger partial charge is 0.295 e. The lowest BCUT2D eigenvalue weighted by molar-refractivity contribution is -0.140. The SMILES string of the molecule is CCN(CC)CCN1C(=O)C(=O)/C(=C(/O)c2ccc(OC(C)C)cc2)[C@@H]1c1ccc(O)c(OC)c1. The Hall–Kier alpha value is -3.52. The summed E-state index contributed by atoms with van der Waals surface area (Å²) in [6, 6.07) is 10.6. The molecular weight excluding hydrogens is 448 g/mol. The summed E-state index contributed by atoms with van der Waals surface area (Å²) in [5.74, 6) is -0.890. The number of nitrogens with zero attached hydrogens (tertiary/aromatic N) is 2. The van der Waals surface area contributed by atoms with Crippen LogP contribution in [0, 0.1) is 0 Å². The fourth-order valence-electron chi connectivity index (χ4n) is 4.23. The van der Waals surface area contributed by atoms with Gasteiger partial charge in [-0.05, 0) is 68.9 Å². The van der Waals surface area contributed by atoms with Gasteiger partial charge in [0.15, 0.2) is 11.5 Å². The number of likely N-dealkylation sites (N-methyl/N-ethyl adjacent to an activating group) is 1. The molecule has 1 amide bonds. The maximum Gasteiger partial charge on any atom is 0.295 e. The highest BCUT2D eigenvalue weighted by Gasteiger charge is 2.46. The summed E-state index contributed by atoms with van der Waals surface area (Å²) in [7, 11) is 1.43. The molecule has 0 saturated carbocycles. The number of benzene rings is 2. The van der Waals surface area contributed by atoms with Crippen LogP contribution in [0.4, 0.5) is 0 Å². The number of Topliss-reactive ketones (excluding diaryl/α,β-unsaturated/α-hetero) is 1.